The second kappa shape index (κ2) is 10.7. The summed E-state index contributed by atoms with van der Waals surface area (Å²) in [6.45, 7) is 1.08. The van der Waals surface area contributed by atoms with Crippen LogP contribution in [0.4, 0.5) is 25.1 Å². The topological polar surface area (TPSA) is 110 Å². The molecule has 1 atom stereocenters. The minimum absolute atomic E-state index is 0.0146. The quantitative estimate of drug-likeness (QED) is 0.475. The van der Waals surface area contributed by atoms with Crippen LogP contribution in [0.25, 0.3) is 11.1 Å². The molecule has 0 bridgehead atoms. The van der Waals surface area contributed by atoms with Gasteiger partial charge >= 0.3 is 6.18 Å². The fraction of sp³-hybridized carbons (Fsp3) is 0.375. The molecule has 3 aromatic rings. The van der Waals surface area contributed by atoms with Crippen molar-refractivity contribution in [1.29, 1.82) is 0 Å². The van der Waals surface area contributed by atoms with Crippen LogP contribution in [-0.4, -0.2) is 43.8 Å². The van der Waals surface area contributed by atoms with Crippen LogP contribution in [0, 0.1) is 0 Å². The highest BCUT2D eigenvalue weighted by Gasteiger charge is 2.33. The Morgan fingerprint density at radius 2 is 1.94 bits per heavy atom. The number of carbonyl (C=O) groups is 1. The van der Waals surface area contributed by atoms with E-state index in [2.05, 4.69) is 25.3 Å². The van der Waals surface area contributed by atoms with E-state index in [9.17, 15) is 18.0 Å². The molecule has 1 fully saturated rings. The number of alkyl halides is 3. The number of benzene rings is 1. The molecular weight excluding hydrogens is 459 g/mol. The third-order valence-electron chi connectivity index (χ3n) is 5.89. The molecule has 1 aromatic carbocycles. The summed E-state index contributed by atoms with van der Waals surface area (Å²) < 4.78 is 39.9. The van der Waals surface area contributed by atoms with Crippen molar-refractivity contribution in [3.63, 3.8) is 0 Å². The lowest BCUT2D eigenvalue weighted by Gasteiger charge is -2.36. The van der Waals surface area contributed by atoms with Crippen molar-refractivity contribution in [3.05, 3.63) is 60.2 Å². The lowest BCUT2D eigenvalue weighted by molar-refractivity contribution is -0.137. The fourth-order valence-electron chi connectivity index (χ4n) is 4.24. The first-order valence-electron chi connectivity index (χ1n) is 11.4. The van der Waals surface area contributed by atoms with E-state index < -0.39 is 17.8 Å². The number of piperidine rings is 1. The maximum atomic E-state index is 13.3. The molecular formula is C24H26F3N7O. The second-order valence-corrected chi connectivity index (χ2v) is 8.31. The van der Waals surface area contributed by atoms with Crippen LogP contribution in [0.3, 0.4) is 0 Å². The molecule has 3 N–H and O–H groups in total. The first-order chi connectivity index (χ1) is 16.8. The Kier molecular flexibility index (Phi) is 7.42. The van der Waals surface area contributed by atoms with E-state index in [1.807, 2.05) is 0 Å². The molecule has 1 amide bonds. The Morgan fingerprint density at radius 3 is 2.71 bits per heavy atom. The molecule has 0 aliphatic carbocycles. The monoisotopic (exact) mass is 485 g/mol. The summed E-state index contributed by atoms with van der Waals surface area (Å²) in [5, 5.41) is 3.08. The van der Waals surface area contributed by atoms with E-state index in [0.29, 0.717) is 55.1 Å². The van der Waals surface area contributed by atoms with Gasteiger partial charge in [0.1, 0.15) is 0 Å². The zero-order chi connectivity index (χ0) is 24.8. The predicted molar refractivity (Wildman–Crippen MR) is 125 cm³/mol. The van der Waals surface area contributed by atoms with Crippen molar-refractivity contribution in [3.8, 4) is 11.1 Å². The Bertz CT molecular complexity index is 1160. The SMILES string of the molecule is Nc1ncc(-c2cccc(C(F)(F)F)c2)c([C@@H]2CCCCN2C(=O)CCCNc2ncccn2)n1. The first-order valence-corrected chi connectivity index (χ1v) is 11.4. The number of nitrogens with one attached hydrogen (secondary N) is 1. The van der Waals surface area contributed by atoms with Crippen molar-refractivity contribution in [2.45, 2.75) is 44.3 Å². The van der Waals surface area contributed by atoms with E-state index in [-0.39, 0.29) is 11.9 Å². The highest BCUT2D eigenvalue weighted by atomic mass is 19.4. The van der Waals surface area contributed by atoms with Crippen molar-refractivity contribution >= 4 is 17.8 Å². The van der Waals surface area contributed by atoms with E-state index >= 15 is 0 Å². The van der Waals surface area contributed by atoms with Crippen LogP contribution in [-0.2, 0) is 11.0 Å². The minimum atomic E-state index is -4.48. The standard InChI is InChI=1S/C24H26F3N7O/c25-24(26,27)17-7-3-6-16(14-17)18-15-32-22(28)33-21(18)19-8-1-2-13-34(19)20(35)9-4-10-29-23-30-11-5-12-31-23/h3,5-7,11-12,14-15,19H,1-2,4,8-10,13H2,(H2,28,32,33)(H,29,30,31)/t19-/m0/s1. The molecule has 3 heterocycles. The molecule has 35 heavy (non-hydrogen) atoms. The molecule has 0 radical (unpaired) electrons. The Labute approximate surface area is 200 Å². The van der Waals surface area contributed by atoms with Gasteiger partial charge < -0.3 is 16.0 Å². The molecule has 1 aliphatic heterocycles. The van der Waals surface area contributed by atoms with Gasteiger partial charge in [0.05, 0.1) is 17.3 Å². The summed E-state index contributed by atoms with van der Waals surface area (Å²) in [6.07, 6.45) is 3.46. The number of rotatable bonds is 7. The normalized spacial score (nSPS) is 16.2. The number of hydrogen-bond acceptors (Lipinski definition) is 7. The number of hydrogen-bond donors (Lipinski definition) is 2. The number of anilines is 2. The molecule has 0 saturated carbocycles. The second-order valence-electron chi connectivity index (χ2n) is 8.31. The number of likely N-dealkylation sites (tertiary alicyclic amines) is 1. The van der Waals surface area contributed by atoms with E-state index in [1.165, 1.54) is 12.3 Å². The van der Waals surface area contributed by atoms with Crippen molar-refractivity contribution in [2.75, 3.05) is 24.1 Å². The fourth-order valence-corrected chi connectivity index (χ4v) is 4.24. The van der Waals surface area contributed by atoms with Gasteiger partial charge in [-0.05, 0) is 49.4 Å². The van der Waals surface area contributed by atoms with Gasteiger partial charge in [0, 0.05) is 43.7 Å². The third-order valence-corrected chi connectivity index (χ3v) is 5.89. The van der Waals surface area contributed by atoms with E-state index in [4.69, 9.17) is 5.73 Å². The molecule has 11 heteroatoms. The molecule has 184 valence electrons. The van der Waals surface area contributed by atoms with Gasteiger partial charge in [-0.2, -0.15) is 13.2 Å². The Morgan fingerprint density at radius 1 is 1.14 bits per heavy atom. The highest BCUT2D eigenvalue weighted by Crippen LogP contribution is 2.38. The summed E-state index contributed by atoms with van der Waals surface area (Å²) in [6, 6.07) is 6.36. The highest BCUT2D eigenvalue weighted by molar-refractivity contribution is 5.77. The summed E-state index contributed by atoms with van der Waals surface area (Å²) in [4.78, 5) is 31.5. The number of nitrogens with two attached hydrogens (primary N) is 1. The number of aromatic nitrogens is 4. The van der Waals surface area contributed by atoms with Gasteiger partial charge in [0.2, 0.25) is 17.8 Å². The van der Waals surface area contributed by atoms with Gasteiger partial charge in [0.15, 0.2) is 0 Å². The third kappa shape index (κ3) is 6.03. The van der Waals surface area contributed by atoms with Gasteiger partial charge in [-0.1, -0.05) is 12.1 Å². The van der Waals surface area contributed by atoms with E-state index in [0.717, 1.165) is 25.0 Å². The average Bonchev–Trinajstić information content (AvgIpc) is 2.86. The number of nitrogens with zero attached hydrogens (tertiary/aromatic N) is 5. The Balaban J connectivity index is 1.54. The van der Waals surface area contributed by atoms with Crippen LogP contribution >= 0.6 is 0 Å². The van der Waals surface area contributed by atoms with Crippen LogP contribution < -0.4 is 11.1 Å². The van der Waals surface area contributed by atoms with Gasteiger partial charge in [-0.25, -0.2) is 19.9 Å². The molecule has 1 aliphatic rings. The largest absolute Gasteiger partial charge is 0.416 e. The maximum absolute atomic E-state index is 13.3. The predicted octanol–water partition coefficient (Wildman–Crippen LogP) is 4.48. The molecule has 8 nitrogen and oxygen atoms in total. The zero-order valence-corrected chi connectivity index (χ0v) is 19.0. The summed E-state index contributed by atoms with van der Waals surface area (Å²) in [7, 11) is 0. The summed E-state index contributed by atoms with van der Waals surface area (Å²) >= 11 is 0. The molecule has 4 rings (SSSR count). The van der Waals surface area contributed by atoms with Crippen LogP contribution in [0.2, 0.25) is 0 Å². The number of halogens is 3. The molecule has 2 aromatic heterocycles. The Hall–Kier alpha value is -3.76. The van der Waals surface area contributed by atoms with Crippen LogP contribution in [0.1, 0.15) is 49.4 Å². The number of amides is 1. The van der Waals surface area contributed by atoms with Gasteiger partial charge in [0.25, 0.3) is 0 Å². The molecule has 1 saturated heterocycles. The van der Waals surface area contributed by atoms with E-state index in [1.54, 1.807) is 29.4 Å². The van der Waals surface area contributed by atoms with Crippen LogP contribution in [0.5, 0.6) is 0 Å². The zero-order valence-electron chi connectivity index (χ0n) is 19.0. The summed E-state index contributed by atoms with van der Waals surface area (Å²) in [5.41, 5.74) is 6.35. The first kappa shape index (κ1) is 24.4. The van der Waals surface area contributed by atoms with Crippen molar-refractivity contribution in [2.24, 2.45) is 0 Å². The lowest BCUT2D eigenvalue weighted by Crippen LogP contribution is -2.39. The minimum Gasteiger partial charge on any atom is -0.368 e. The van der Waals surface area contributed by atoms with Crippen molar-refractivity contribution < 1.29 is 18.0 Å². The smallest absolute Gasteiger partial charge is 0.368 e. The van der Waals surface area contributed by atoms with Gasteiger partial charge in [-0.15, -0.1) is 0 Å². The summed E-state index contributed by atoms with van der Waals surface area (Å²) in [5.74, 6) is 0.469. The molecule has 0 unspecified atom stereocenters. The van der Waals surface area contributed by atoms with Crippen molar-refractivity contribution in [1.82, 2.24) is 24.8 Å². The maximum Gasteiger partial charge on any atom is 0.416 e. The molecule has 0 spiro atoms. The number of carbonyl (C=O) groups excluding carboxylic acids is 1. The lowest BCUT2D eigenvalue weighted by atomic mass is 9.93. The van der Waals surface area contributed by atoms with Gasteiger partial charge in [-0.3, -0.25) is 4.79 Å². The van der Waals surface area contributed by atoms with Crippen LogP contribution in [0.15, 0.2) is 48.9 Å². The average molecular weight is 486 g/mol. The number of nitrogen functional groups attached to an aromatic ring is 1.